The summed E-state index contributed by atoms with van der Waals surface area (Å²) in [6, 6.07) is 0. The topological polar surface area (TPSA) is 113 Å². The SMILES string of the molecule is Cc1cn([C@H]2CC(C)[C@@H](CN=[N+]=[N-])O2)c(=O)[nH]c1=O. The molecule has 1 aliphatic heterocycles. The lowest BCUT2D eigenvalue weighted by Gasteiger charge is -2.15. The molecule has 0 aromatic carbocycles. The molecule has 1 N–H and O–H groups in total. The second kappa shape index (κ2) is 5.29. The summed E-state index contributed by atoms with van der Waals surface area (Å²) in [5.41, 5.74) is 7.89. The third-order valence-corrected chi connectivity index (χ3v) is 3.32. The Morgan fingerprint density at radius 3 is 3.05 bits per heavy atom. The van der Waals surface area contributed by atoms with Crippen molar-refractivity contribution in [1.29, 1.82) is 0 Å². The summed E-state index contributed by atoms with van der Waals surface area (Å²) in [5, 5.41) is 3.50. The van der Waals surface area contributed by atoms with Gasteiger partial charge in [0.05, 0.1) is 12.6 Å². The van der Waals surface area contributed by atoms with Gasteiger partial charge in [0.25, 0.3) is 5.56 Å². The van der Waals surface area contributed by atoms with Crippen molar-refractivity contribution in [3.8, 4) is 0 Å². The number of nitrogens with zero attached hydrogens (tertiary/aromatic N) is 4. The first kappa shape index (κ1) is 13.4. The van der Waals surface area contributed by atoms with Gasteiger partial charge in [0.1, 0.15) is 6.23 Å². The molecule has 0 radical (unpaired) electrons. The predicted molar refractivity (Wildman–Crippen MR) is 67.8 cm³/mol. The predicted octanol–water partition coefficient (Wildman–Crippen LogP) is 1.08. The molecule has 1 saturated heterocycles. The lowest BCUT2D eigenvalue weighted by atomic mass is 10.0. The van der Waals surface area contributed by atoms with Crippen LogP contribution in [-0.2, 0) is 4.74 Å². The van der Waals surface area contributed by atoms with Crippen molar-refractivity contribution in [3.05, 3.63) is 43.0 Å². The minimum Gasteiger partial charge on any atom is -0.354 e. The number of aromatic amines is 1. The molecule has 2 rings (SSSR count). The molecular weight excluding hydrogens is 250 g/mol. The Morgan fingerprint density at radius 1 is 1.63 bits per heavy atom. The molecule has 1 fully saturated rings. The monoisotopic (exact) mass is 265 g/mol. The summed E-state index contributed by atoms with van der Waals surface area (Å²) in [7, 11) is 0. The van der Waals surface area contributed by atoms with Gasteiger partial charge >= 0.3 is 5.69 Å². The normalized spacial score (nSPS) is 26.1. The standard InChI is InChI=1S/C11H15N5O3/c1-6-3-9(19-8(6)4-13-15-12)16-5-7(2)10(17)14-11(16)18/h5-6,8-9H,3-4H2,1-2H3,(H,14,17,18)/t6?,8-,9-/m1/s1. The lowest BCUT2D eigenvalue weighted by Crippen LogP contribution is -2.33. The van der Waals surface area contributed by atoms with Crippen LogP contribution in [0.5, 0.6) is 0 Å². The molecule has 8 nitrogen and oxygen atoms in total. The zero-order valence-electron chi connectivity index (χ0n) is 10.7. The molecule has 0 spiro atoms. The molecular formula is C11H15N5O3. The number of ether oxygens (including phenoxy) is 1. The highest BCUT2D eigenvalue weighted by Crippen LogP contribution is 2.32. The molecule has 1 aromatic heterocycles. The maximum Gasteiger partial charge on any atom is 0.330 e. The number of rotatable bonds is 3. The van der Waals surface area contributed by atoms with Crippen LogP contribution in [0.15, 0.2) is 20.9 Å². The Kier molecular flexibility index (Phi) is 3.73. The Morgan fingerprint density at radius 2 is 2.37 bits per heavy atom. The van der Waals surface area contributed by atoms with Gasteiger partial charge in [0.2, 0.25) is 0 Å². The highest BCUT2D eigenvalue weighted by Gasteiger charge is 2.33. The van der Waals surface area contributed by atoms with Crippen LogP contribution >= 0.6 is 0 Å². The minimum atomic E-state index is -0.489. The van der Waals surface area contributed by atoms with Gasteiger partial charge < -0.3 is 4.74 Å². The first-order chi connectivity index (χ1) is 9.02. The fourth-order valence-corrected chi connectivity index (χ4v) is 2.18. The molecule has 0 bridgehead atoms. The van der Waals surface area contributed by atoms with E-state index in [0.29, 0.717) is 12.0 Å². The largest absolute Gasteiger partial charge is 0.354 e. The van der Waals surface area contributed by atoms with Crippen LogP contribution in [-0.4, -0.2) is 22.2 Å². The van der Waals surface area contributed by atoms with Crippen LogP contribution in [0.3, 0.4) is 0 Å². The fourth-order valence-electron chi connectivity index (χ4n) is 2.18. The first-order valence-electron chi connectivity index (χ1n) is 6.01. The van der Waals surface area contributed by atoms with Crippen molar-refractivity contribution in [1.82, 2.24) is 9.55 Å². The Hall–Kier alpha value is -2.05. The van der Waals surface area contributed by atoms with Gasteiger partial charge in [0.15, 0.2) is 0 Å². The van der Waals surface area contributed by atoms with Crippen molar-refractivity contribution in [2.45, 2.75) is 32.6 Å². The van der Waals surface area contributed by atoms with E-state index in [0.717, 1.165) is 0 Å². The molecule has 0 saturated carbocycles. The van der Waals surface area contributed by atoms with E-state index in [1.165, 1.54) is 10.8 Å². The van der Waals surface area contributed by atoms with Crippen molar-refractivity contribution in [3.63, 3.8) is 0 Å². The smallest absolute Gasteiger partial charge is 0.330 e. The second-order valence-electron chi connectivity index (χ2n) is 4.73. The molecule has 1 aliphatic rings. The van der Waals surface area contributed by atoms with Crippen molar-refractivity contribution in [2.24, 2.45) is 11.0 Å². The minimum absolute atomic E-state index is 0.176. The van der Waals surface area contributed by atoms with Crippen LogP contribution in [0.4, 0.5) is 0 Å². The highest BCUT2D eigenvalue weighted by atomic mass is 16.5. The maximum absolute atomic E-state index is 11.8. The van der Waals surface area contributed by atoms with Crippen LogP contribution in [0, 0.1) is 12.8 Å². The number of nitrogens with one attached hydrogen (secondary N) is 1. The fraction of sp³-hybridized carbons (Fsp3) is 0.636. The molecule has 0 aliphatic carbocycles. The van der Waals surface area contributed by atoms with E-state index in [-0.39, 0.29) is 18.6 Å². The van der Waals surface area contributed by atoms with Crippen LogP contribution in [0.1, 0.15) is 25.1 Å². The van der Waals surface area contributed by atoms with E-state index in [2.05, 4.69) is 15.0 Å². The first-order valence-corrected chi connectivity index (χ1v) is 6.01. The van der Waals surface area contributed by atoms with Crippen molar-refractivity contribution >= 4 is 0 Å². The summed E-state index contributed by atoms with van der Waals surface area (Å²) >= 11 is 0. The van der Waals surface area contributed by atoms with E-state index < -0.39 is 17.5 Å². The molecule has 3 atom stereocenters. The van der Waals surface area contributed by atoms with E-state index in [4.69, 9.17) is 10.3 Å². The van der Waals surface area contributed by atoms with Crippen molar-refractivity contribution in [2.75, 3.05) is 6.54 Å². The van der Waals surface area contributed by atoms with E-state index in [1.54, 1.807) is 6.92 Å². The van der Waals surface area contributed by atoms with Gasteiger partial charge in [-0.05, 0) is 24.8 Å². The second-order valence-corrected chi connectivity index (χ2v) is 4.73. The summed E-state index contributed by atoms with van der Waals surface area (Å²) in [6.45, 7) is 3.84. The van der Waals surface area contributed by atoms with Gasteiger partial charge in [-0.15, -0.1) is 0 Å². The van der Waals surface area contributed by atoms with Gasteiger partial charge in [0, 0.05) is 16.7 Å². The highest BCUT2D eigenvalue weighted by molar-refractivity contribution is 5.01. The molecule has 19 heavy (non-hydrogen) atoms. The quantitative estimate of drug-likeness (QED) is 0.501. The van der Waals surface area contributed by atoms with E-state index in [9.17, 15) is 9.59 Å². The Balaban J connectivity index is 2.25. The van der Waals surface area contributed by atoms with Gasteiger partial charge in [-0.2, -0.15) is 0 Å². The van der Waals surface area contributed by atoms with Crippen LogP contribution < -0.4 is 11.2 Å². The molecule has 8 heteroatoms. The average molecular weight is 265 g/mol. The number of hydrogen-bond donors (Lipinski definition) is 1. The molecule has 2 heterocycles. The Bertz CT molecular complexity index is 628. The number of H-pyrrole nitrogens is 1. The molecule has 102 valence electrons. The zero-order chi connectivity index (χ0) is 14.0. The summed E-state index contributed by atoms with van der Waals surface area (Å²) in [4.78, 5) is 28.0. The molecule has 1 aromatic rings. The van der Waals surface area contributed by atoms with Gasteiger partial charge in [-0.3, -0.25) is 14.3 Å². The summed E-state index contributed by atoms with van der Waals surface area (Å²) in [5.74, 6) is 0.176. The maximum atomic E-state index is 11.8. The Labute approximate surface area is 108 Å². The average Bonchev–Trinajstić information content (AvgIpc) is 2.72. The van der Waals surface area contributed by atoms with E-state index in [1.807, 2.05) is 6.92 Å². The number of aryl methyl sites for hydroxylation is 1. The molecule has 1 unspecified atom stereocenters. The number of hydrogen-bond acceptors (Lipinski definition) is 4. The van der Waals surface area contributed by atoms with Gasteiger partial charge in [-0.25, -0.2) is 4.79 Å². The van der Waals surface area contributed by atoms with Crippen LogP contribution in [0.2, 0.25) is 0 Å². The van der Waals surface area contributed by atoms with E-state index >= 15 is 0 Å². The number of aromatic nitrogens is 2. The lowest BCUT2D eigenvalue weighted by molar-refractivity contribution is -0.00160. The number of azide groups is 1. The summed E-state index contributed by atoms with van der Waals surface area (Å²) in [6.07, 6.45) is 1.49. The summed E-state index contributed by atoms with van der Waals surface area (Å²) < 4.78 is 7.09. The van der Waals surface area contributed by atoms with Crippen LogP contribution in [0.25, 0.3) is 10.4 Å². The van der Waals surface area contributed by atoms with Gasteiger partial charge in [-0.1, -0.05) is 12.0 Å². The van der Waals surface area contributed by atoms with Crippen molar-refractivity contribution < 1.29 is 4.74 Å². The zero-order valence-corrected chi connectivity index (χ0v) is 10.7. The third kappa shape index (κ3) is 2.69. The third-order valence-electron chi connectivity index (χ3n) is 3.32. The molecule has 0 amide bonds.